The molecule has 4 nitrogen and oxygen atoms in total. The predicted molar refractivity (Wildman–Crippen MR) is 115 cm³/mol. The van der Waals surface area contributed by atoms with Crippen LogP contribution in [0.5, 0.6) is 0 Å². The zero-order valence-corrected chi connectivity index (χ0v) is 17.0. The number of carbonyl (C=O) groups excluding carboxylic acids is 1. The van der Waals surface area contributed by atoms with Crippen molar-refractivity contribution in [2.45, 2.75) is 38.6 Å². The molecule has 0 aliphatic carbocycles. The number of benzene rings is 2. The number of amides is 1. The van der Waals surface area contributed by atoms with Gasteiger partial charge in [-0.25, -0.2) is 0 Å². The van der Waals surface area contributed by atoms with Gasteiger partial charge in [-0.2, -0.15) is 0 Å². The van der Waals surface area contributed by atoms with Crippen molar-refractivity contribution < 1.29 is 4.79 Å². The Balaban J connectivity index is 1.44. The fraction of sp³-hybridized carbons (Fsp3) is 0.435. The van der Waals surface area contributed by atoms with Crippen LogP contribution in [0.1, 0.15) is 46.3 Å². The van der Waals surface area contributed by atoms with E-state index in [1.54, 1.807) is 0 Å². The highest BCUT2D eigenvalue weighted by Gasteiger charge is 2.18. The molecular formula is C23H28ClN3O. The lowest BCUT2D eigenvalue weighted by Crippen LogP contribution is -2.35. The fourth-order valence-electron chi connectivity index (χ4n) is 4.17. The van der Waals surface area contributed by atoms with E-state index in [-0.39, 0.29) is 5.91 Å². The van der Waals surface area contributed by atoms with E-state index in [1.807, 2.05) is 35.2 Å². The predicted octanol–water partition coefficient (Wildman–Crippen LogP) is 4.27. The molecule has 0 bridgehead atoms. The second kappa shape index (κ2) is 8.97. The minimum atomic E-state index is 0.156. The molecule has 28 heavy (non-hydrogen) atoms. The summed E-state index contributed by atoms with van der Waals surface area (Å²) in [7, 11) is 0. The maximum absolute atomic E-state index is 12.6. The van der Waals surface area contributed by atoms with E-state index in [9.17, 15) is 4.79 Å². The van der Waals surface area contributed by atoms with Gasteiger partial charge in [0.1, 0.15) is 0 Å². The number of likely N-dealkylation sites (tertiary alicyclic amines) is 1. The number of piperidine rings is 1. The Morgan fingerprint density at radius 3 is 2.54 bits per heavy atom. The number of carbonyl (C=O) groups is 1. The topological polar surface area (TPSA) is 44.4 Å². The van der Waals surface area contributed by atoms with Crippen LogP contribution in [0.15, 0.2) is 36.4 Å². The molecule has 0 radical (unpaired) electrons. The van der Waals surface area contributed by atoms with Gasteiger partial charge in [0.15, 0.2) is 0 Å². The molecule has 148 valence electrons. The maximum atomic E-state index is 12.6. The van der Waals surface area contributed by atoms with Crippen LogP contribution in [-0.4, -0.2) is 37.0 Å². The Bertz CT molecular complexity index is 828. The Kier molecular flexibility index (Phi) is 6.18. The summed E-state index contributed by atoms with van der Waals surface area (Å²) in [5.74, 6) is 0.156. The van der Waals surface area contributed by atoms with Gasteiger partial charge in [-0.1, -0.05) is 29.8 Å². The highest BCUT2D eigenvalue weighted by molar-refractivity contribution is 6.33. The number of rotatable bonds is 4. The number of hydrogen-bond acceptors (Lipinski definition) is 3. The van der Waals surface area contributed by atoms with Gasteiger partial charge in [-0.15, -0.1) is 0 Å². The van der Waals surface area contributed by atoms with Crippen molar-refractivity contribution in [2.24, 2.45) is 0 Å². The SMILES string of the molecule is O=C(c1ccc(CNc2c(Cl)ccc3c2CCNCC3)cc1)N1CCCCC1. The van der Waals surface area contributed by atoms with E-state index in [2.05, 4.69) is 16.7 Å². The third-order valence-electron chi connectivity index (χ3n) is 5.80. The van der Waals surface area contributed by atoms with E-state index in [4.69, 9.17) is 11.6 Å². The van der Waals surface area contributed by atoms with Crippen molar-refractivity contribution in [1.82, 2.24) is 10.2 Å². The Morgan fingerprint density at radius 2 is 1.75 bits per heavy atom. The number of hydrogen-bond donors (Lipinski definition) is 2. The summed E-state index contributed by atoms with van der Waals surface area (Å²) in [4.78, 5) is 14.6. The lowest BCUT2D eigenvalue weighted by Gasteiger charge is -2.26. The van der Waals surface area contributed by atoms with Crippen molar-refractivity contribution in [2.75, 3.05) is 31.5 Å². The summed E-state index contributed by atoms with van der Waals surface area (Å²) in [5.41, 5.74) is 5.68. The van der Waals surface area contributed by atoms with E-state index in [0.717, 1.165) is 73.7 Å². The Morgan fingerprint density at radius 1 is 1.00 bits per heavy atom. The highest BCUT2D eigenvalue weighted by Crippen LogP contribution is 2.31. The maximum Gasteiger partial charge on any atom is 0.253 e. The third kappa shape index (κ3) is 4.34. The number of nitrogens with one attached hydrogen (secondary N) is 2. The average molecular weight is 398 g/mol. The summed E-state index contributed by atoms with van der Waals surface area (Å²) < 4.78 is 0. The minimum Gasteiger partial charge on any atom is -0.380 e. The molecule has 2 aromatic rings. The van der Waals surface area contributed by atoms with Gasteiger partial charge in [0.2, 0.25) is 0 Å². The fourth-order valence-corrected chi connectivity index (χ4v) is 4.41. The van der Waals surface area contributed by atoms with E-state index in [0.29, 0.717) is 6.54 Å². The summed E-state index contributed by atoms with van der Waals surface area (Å²) in [6.45, 7) is 4.46. The van der Waals surface area contributed by atoms with Crippen molar-refractivity contribution in [3.05, 3.63) is 63.7 Å². The summed E-state index contributed by atoms with van der Waals surface area (Å²) in [6, 6.07) is 12.1. The van der Waals surface area contributed by atoms with Gasteiger partial charge in [-0.05, 0) is 80.1 Å². The van der Waals surface area contributed by atoms with Gasteiger partial charge in [0, 0.05) is 25.2 Å². The molecule has 5 heteroatoms. The molecule has 1 amide bonds. The summed E-state index contributed by atoms with van der Waals surface area (Å²) in [5, 5.41) is 7.77. The van der Waals surface area contributed by atoms with Gasteiger partial charge in [0.05, 0.1) is 10.7 Å². The normalized spacial score (nSPS) is 17.0. The van der Waals surface area contributed by atoms with E-state index >= 15 is 0 Å². The van der Waals surface area contributed by atoms with E-state index in [1.165, 1.54) is 17.5 Å². The lowest BCUT2D eigenvalue weighted by molar-refractivity contribution is 0.0724. The molecule has 2 aromatic carbocycles. The molecule has 0 atom stereocenters. The second-order valence-electron chi connectivity index (χ2n) is 7.71. The molecule has 1 fully saturated rings. The second-order valence-corrected chi connectivity index (χ2v) is 8.12. The van der Waals surface area contributed by atoms with Crippen LogP contribution in [0.4, 0.5) is 5.69 Å². The lowest BCUT2D eigenvalue weighted by atomic mass is 10.0. The molecule has 4 rings (SSSR count). The zero-order chi connectivity index (χ0) is 19.3. The molecular weight excluding hydrogens is 370 g/mol. The zero-order valence-electron chi connectivity index (χ0n) is 16.3. The van der Waals surface area contributed by atoms with Crippen molar-refractivity contribution >= 4 is 23.2 Å². The van der Waals surface area contributed by atoms with E-state index < -0.39 is 0 Å². The standard InChI is InChI=1S/C23H28ClN3O/c24-21-9-8-18-10-12-25-13-11-20(18)22(21)26-16-17-4-6-19(7-5-17)23(28)27-14-2-1-3-15-27/h4-9,25-26H,1-3,10-16H2. The van der Waals surface area contributed by atoms with Crippen LogP contribution in [0.3, 0.4) is 0 Å². The van der Waals surface area contributed by atoms with Gasteiger partial charge < -0.3 is 15.5 Å². The Labute approximate surface area is 172 Å². The molecule has 1 saturated heterocycles. The Hall–Kier alpha value is -2.04. The first-order valence-corrected chi connectivity index (χ1v) is 10.7. The molecule has 0 saturated carbocycles. The smallest absolute Gasteiger partial charge is 0.253 e. The number of fused-ring (bicyclic) bond motifs is 1. The van der Waals surface area contributed by atoms with Gasteiger partial charge >= 0.3 is 0 Å². The molecule has 0 spiro atoms. The van der Waals surface area contributed by atoms with Crippen LogP contribution in [0, 0.1) is 0 Å². The highest BCUT2D eigenvalue weighted by atomic mass is 35.5. The van der Waals surface area contributed by atoms with Crippen LogP contribution >= 0.6 is 11.6 Å². The van der Waals surface area contributed by atoms with Crippen LogP contribution < -0.4 is 10.6 Å². The van der Waals surface area contributed by atoms with Gasteiger partial charge in [0.25, 0.3) is 5.91 Å². The van der Waals surface area contributed by atoms with Gasteiger partial charge in [-0.3, -0.25) is 4.79 Å². The number of nitrogens with zero attached hydrogens (tertiary/aromatic N) is 1. The molecule has 0 unspecified atom stereocenters. The van der Waals surface area contributed by atoms with Crippen molar-refractivity contribution in [3.8, 4) is 0 Å². The van der Waals surface area contributed by atoms with Crippen LogP contribution in [-0.2, 0) is 19.4 Å². The first kappa shape index (κ1) is 19.3. The molecule has 2 aliphatic rings. The summed E-state index contributed by atoms with van der Waals surface area (Å²) >= 11 is 6.50. The molecule has 2 aliphatic heterocycles. The molecule has 0 aromatic heterocycles. The first-order valence-electron chi connectivity index (χ1n) is 10.4. The monoisotopic (exact) mass is 397 g/mol. The van der Waals surface area contributed by atoms with Crippen molar-refractivity contribution in [1.29, 1.82) is 0 Å². The van der Waals surface area contributed by atoms with Crippen molar-refractivity contribution in [3.63, 3.8) is 0 Å². The third-order valence-corrected chi connectivity index (χ3v) is 6.11. The number of halogens is 1. The molecule has 2 N–H and O–H groups in total. The molecule has 2 heterocycles. The minimum absolute atomic E-state index is 0.156. The first-order chi connectivity index (χ1) is 13.7. The quantitative estimate of drug-likeness (QED) is 0.809. The number of anilines is 1. The largest absolute Gasteiger partial charge is 0.380 e. The average Bonchev–Trinajstić information content (AvgIpc) is 2.99. The summed E-state index contributed by atoms with van der Waals surface area (Å²) in [6.07, 6.45) is 5.49. The van der Waals surface area contributed by atoms with Crippen LogP contribution in [0.25, 0.3) is 0 Å². The van der Waals surface area contributed by atoms with Crippen LogP contribution in [0.2, 0.25) is 5.02 Å².